The molecule has 1 radical (unpaired) electrons. The summed E-state index contributed by atoms with van der Waals surface area (Å²) in [5.74, 6) is 0. The molecule has 0 saturated carbocycles. The van der Waals surface area contributed by atoms with Gasteiger partial charge >= 0.3 is 0 Å². The summed E-state index contributed by atoms with van der Waals surface area (Å²) in [7, 11) is 0. The van der Waals surface area contributed by atoms with Gasteiger partial charge in [-0.25, -0.2) is 0 Å². The van der Waals surface area contributed by atoms with E-state index in [0.717, 1.165) is 20.2 Å². The lowest BCUT2D eigenvalue weighted by molar-refractivity contribution is 1.31. The molecule has 3 heteroatoms. The average Bonchev–Trinajstić information content (AvgIpc) is 2.23. The molecule has 2 rings (SSSR count). The molecule has 69 valence electrons. The topological polar surface area (TPSA) is 12.9 Å². The highest BCUT2D eigenvalue weighted by atomic mass is 79.9. The van der Waals surface area contributed by atoms with Crippen LogP contribution in [0, 0.1) is 6.07 Å². The Morgan fingerprint density at radius 3 is 2.71 bits per heavy atom. The van der Waals surface area contributed by atoms with E-state index in [1.165, 1.54) is 0 Å². The first kappa shape index (κ1) is 9.87. The molecule has 2 aromatic rings. The van der Waals surface area contributed by atoms with E-state index in [4.69, 9.17) is 0 Å². The number of benzene rings is 1. The van der Waals surface area contributed by atoms with Gasteiger partial charge < -0.3 is 0 Å². The predicted molar refractivity (Wildman–Crippen MR) is 63.9 cm³/mol. The van der Waals surface area contributed by atoms with Crippen molar-refractivity contribution in [1.82, 2.24) is 4.98 Å². The number of halogens is 2. The van der Waals surface area contributed by atoms with Crippen molar-refractivity contribution in [3.8, 4) is 11.3 Å². The van der Waals surface area contributed by atoms with Gasteiger partial charge in [0.05, 0.1) is 5.69 Å². The molecule has 0 unspecified atom stereocenters. The predicted octanol–water partition coefficient (Wildman–Crippen LogP) is 4.07. The van der Waals surface area contributed by atoms with Gasteiger partial charge in [-0.15, -0.1) is 0 Å². The Morgan fingerprint density at radius 2 is 2.00 bits per heavy atom. The van der Waals surface area contributed by atoms with Crippen LogP contribution in [0.4, 0.5) is 0 Å². The highest BCUT2D eigenvalue weighted by Crippen LogP contribution is 2.29. The van der Waals surface area contributed by atoms with Crippen molar-refractivity contribution in [1.29, 1.82) is 0 Å². The largest absolute Gasteiger partial charge is 0.256 e. The van der Waals surface area contributed by atoms with Crippen LogP contribution in [0.2, 0.25) is 0 Å². The summed E-state index contributed by atoms with van der Waals surface area (Å²) < 4.78 is 2.09. The fraction of sp³-hybridized carbons (Fsp3) is 0. The average molecular weight is 312 g/mol. The standard InChI is InChI=1S/C11H6Br2N/c12-8-4-5-10(13)9(7-8)11-3-1-2-6-14-11/h1,3-7H. The second kappa shape index (κ2) is 4.24. The molecule has 0 atom stereocenters. The Balaban J connectivity index is 2.57. The van der Waals surface area contributed by atoms with Crippen LogP contribution in [0.5, 0.6) is 0 Å². The van der Waals surface area contributed by atoms with Gasteiger partial charge in [0.25, 0.3) is 0 Å². The number of hydrogen-bond acceptors (Lipinski definition) is 1. The van der Waals surface area contributed by atoms with E-state index in [1.54, 1.807) is 6.20 Å². The zero-order valence-electron chi connectivity index (χ0n) is 7.17. The minimum atomic E-state index is 0.942. The van der Waals surface area contributed by atoms with Crippen LogP contribution < -0.4 is 0 Å². The van der Waals surface area contributed by atoms with Crippen LogP contribution in [0.25, 0.3) is 11.3 Å². The second-order valence-electron chi connectivity index (χ2n) is 2.77. The Kier molecular flexibility index (Phi) is 2.99. The zero-order valence-corrected chi connectivity index (χ0v) is 10.3. The molecule has 0 spiro atoms. The van der Waals surface area contributed by atoms with Crippen LogP contribution in [-0.4, -0.2) is 4.98 Å². The van der Waals surface area contributed by atoms with Gasteiger partial charge in [-0.2, -0.15) is 0 Å². The van der Waals surface area contributed by atoms with E-state index < -0.39 is 0 Å². The van der Waals surface area contributed by atoms with Crippen LogP contribution in [0.3, 0.4) is 0 Å². The first-order valence-electron chi connectivity index (χ1n) is 4.05. The van der Waals surface area contributed by atoms with Crippen LogP contribution in [-0.2, 0) is 0 Å². The highest BCUT2D eigenvalue weighted by Gasteiger charge is 2.03. The first-order chi connectivity index (χ1) is 6.77. The summed E-state index contributed by atoms with van der Waals surface area (Å²) in [6, 6.07) is 12.7. The maximum atomic E-state index is 4.24. The lowest BCUT2D eigenvalue weighted by Crippen LogP contribution is -1.83. The summed E-state index contributed by atoms with van der Waals surface area (Å²) in [5, 5.41) is 0. The molecule has 0 saturated heterocycles. The molecule has 1 heterocycles. The third-order valence-electron chi connectivity index (χ3n) is 1.82. The van der Waals surface area contributed by atoms with Crippen molar-refractivity contribution in [2.75, 3.05) is 0 Å². The van der Waals surface area contributed by atoms with E-state index in [2.05, 4.69) is 42.9 Å². The van der Waals surface area contributed by atoms with E-state index in [-0.39, 0.29) is 0 Å². The highest BCUT2D eigenvalue weighted by molar-refractivity contribution is 9.11. The van der Waals surface area contributed by atoms with Crippen LogP contribution >= 0.6 is 31.9 Å². The molecule has 1 aromatic carbocycles. The van der Waals surface area contributed by atoms with Crippen LogP contribution in [0.15, 0.2) is 45.5 Å². The smallest absolute Gasteiger partial charge is 0.0714 e. The Bertz CT molecular complexity index is 440. The number of aromatic nitrogens is 1. The maximum absolute atomic E-state index is 4.24. The normalized spacial score (nSPS) is 10.1. The molecular formula is C11H6Br2N. The van der Waals surface area contributed by atoms with Gasteiger partial charge in [0, 0.05) is 26.8 Å². The van der Waals surface area contributed by atoms with Gasteiger partial charge in [-0.05, 0) is 24.3 Å². The number of hydrogen-bond donors (Lipinski definition) is 0. The molecule has 0 fully saturated rings. The van der Waals surface area contributed by atoms with Crippen molar-refractivity contribution in [2.24, 2.45) is 0 Å². The number of nitrogens with zero attached hydrogens (tertiary/aromatic N) is 1. The molecule has 0 aliphatic heterocycles. The lowest BCUT2D eigenvalue weighted by atomic mass is 10.1. The fourth-order valence-electron chi connectivity index (χ4n) is 1.17. The van der Waals surface area contributed by atoms with Crippen molar-refractivity contribution in [3.63, 3.8) is 0 Å². The summed E-state index contributed by atoms with van der Waals surface area (Å²) in [4.78, 5) is 4.24. The second-order valence-corrected chi connectivity index (χ2v) is 4.54. The Hall–Kier alpha value is -0.670. The number of pyridine rings is 1. The summed E-state index contributed by atoms with van der Waals surface area (Å²) in [6.45, 7) is 0. The fourth-order valence-corrected chi connectivity index (χ4v) is 1.98. The third kappa shape index (κ3) is 2.04. The van der Waals surface area contributed by atoms with E-state index in [1.807, 2.05) is 30.3 Å². The summed E-state index contributed by atoms with van der Waals surface area (Å²) in [5.41, 5.74) is 2.02. The monoisotopic (exact) mass is 310 g/mol. The molecule has 1 nitrogen and oxygen atoms in total. The minimum Gasteiger partial charge on any atom is -0.256 e. The quantitative estimate of drug-likeness (QED) is 0.773. The molecule has 0 N–H and O–H groups in total. The molecule has 14 heavy (non-hydrogen) atoms. The molecule has 0 bridgehead atoms. The van der Waals surface area contributed by atoms with Gasteiger partial charge in [-0.3, -0.25) is 4.98 Å². The maximum Gasteiger partial charge on any atom is 0.0714 e. The van der Waals surface area contributed by atoms with Gasteiger partial charge in [-0.1, -0.05) is 37.9 Å². The third-order valence-corrected chi connectivity index (χ3v) is 3.00. The van der Waals surface area contributed by atoms with Crippen molar-refractivity contribution in [3.05, 3.63) is 51.5 Å². The Labute approximate surface area is 99.4 Å². The summed E-state index contributed by atoms with van der Waals surface area (Å²) in [6.07, 6.45) is 1.67. The molecule has 0 aliphatic carbocycles. The minimum absolute atomic E-state index is 0.942. The zero-order chi connectivity index (χ0) is 9.97. The van der Waals surface area contributed by atoms with E-state index in [9.17, 15) is 0 Å². The van der Waals surface area contributed by atoms with E-state index >= 15 is 0 Å². The molecule has 1 aromatic heterocycles. The van der Waals surface area contributed by atoms with Crippen LogP contribution in [0.1, 0.15) is 0 Å². The molecule has 0 amide bonds. The Morgan fingerprint density at radius 1 is 1.14 bits per heavy atom. The molecular weight excluding hydrogens is 306 g/mol. The number of rotatable bonds is 1. The van der Waals surface area contributed by atoms with Gasteiger partial charge in [0.2, 0.25) is 0 Å². The van der Waals surface area contributed by atoms with E-state index in [0.29, 0.717) is 0 Å². The van der Waals surface area contributed by atoms with Crippen molar-refractivity contribution < 1.29 is 0 Å². The van der Waals surface area contributed by atoms with Crippen molar-refractivity contribution >= 4 is 31.9 Å². The van der Waals surface area contributed by atoms with Crippen molar-refractivity contribution in [2.45, 2.75) is 0 Å². The summed E-state index contributed by atoms with van der Waals surface area (Å²) >= 11 is 6.93. The SMILES string of the molecule is Brc1ccc(Br)c(-c2cc[c]cn2)c1. The first-order valence-corrected chi connectivity index (χ1v) is 5.63. The van der Waals surface area contributed by atoms with Gasteiger partial charge in [0.15, 0.2) is 0 Å². The van der Waals surface area contributed by atoms with Gasteiger partial charge in [0.1, 0.15) is 0 Å². The molecule has 0 aliphatic rings. The lowest BCUT2D eigenvalue weighted by Gasteiger charge is -2.03.